The molecule has 2 aromatic rings. The molecule has 0 radical (unpaired) electrons. The second-order valence-electron chi connectivity index (χ2n) is 4.00. The molecule has 0 saturated heterocycles. The molecule has 2 rings (SSSR count). The molecule has 0 aliphatic rings. The third-order valence-electron chi connectivity index (χ3n) is 2.64. The van der Waals surface area contributed by atoms with E-state index in [2.05, 4.69) is 0 Å². The van der Waals surface area contributed by atoms with Crippen molar-refractivity contribution in [1.29, 1.82) is 0 Å². The predicted octanol–water partition coefficient (Wildman–Crippen LogP) is 4.07. The van der Waals surface area contributed by atoms with Crippen LogP contribution >= 0.6 is 23.2 Å². The molecule has 3 nitrogen and oxygen atoms in total. The Bertz CT molecular complexity index is 662. The lowest BCUT2D eigenvalue weighted by Gasteiger charge is -2.08. The molecule has 0 saturated carbocycles. The van der Waals surface area contributed by atoms with Gasteiger partial charge in [-0.1, -0.05) is 41.4 Å². The third-order valence-corrected chi connectivity index (χ3v) is 3.35. The molecule has 0 aromatic heterocycles. The molecule has 0 atom stereocenters. The van der Waals surface area contributed by atoms with Crippen molar-refractivity contribution in [3.05, 3.63) is 63.4 Å². The lowest BCUT2D eigenvalue weighted by molar-refractivity contribution is 0.0469. The van der Waals surface area contributed by atoms with E-state index in [1.165, 1.54) is 18.2 Å². The van der Waals surface area contributed by atoms with Gasteiger partial charge in [-0.05, 0) is 18.2 Å². The lowest BCUT2D eigenvalue weighted by Crippen LogP contribution is -2.08. The zero-order chi connectivity index (χ0) is 14.7. The second kappa shape index (κ2) is 6.11. The van der Waals surface area contributed by atoms with Crippen LogP contribution in [0.25, 0.3) is 0 Å². The van der Waals surface area contributed by atoms with Gasteiger partial charge in [-0.15, -0.1) is 0 Å². The number of halogens is 3. The van der Waals surface area contributed by atoms with Gasteiger partial charge in [0.05, 0.1) is 21.3 Å². The van der Waals surface area contributed by atoms with Gasteiger partial charge in [-0.25, -0.2) is 9.18 Å². The van der Waals surface area contributed by atoms with E-state index in [9.17, 15) is 9.18 Å². The van der Waals surface area contributed by atoms with Crippen molar-refractivity contribution < 1.29 is 13.9 Å². The van der Waals surface area contributed by atoms with E-state index < -0.39 is 11.8 Å². The Hall–Kier alpha value is -1.78. The Morgan fingerprint density at radius 3 is 2.65 bits per heavy atom. The molecule has 2 N–H and O–H groups in total. The number of carbonyl (C=O) groups excluding carboxylic acids is 1. The van der Waals surface area contributed by atoms with Gasteiger partial charge in [-0.2, -0.15) is 0 Å². The summed E-state index contributed by atoms with van der Waals surface area (Å²) >= 11 is 11.5. The maximum Gasteiger partial charge on any atom is 0.340 e. The number of nitrogen functional groups attached to an aromatic ring is 1. The van der Waals surface area contributed by atoms with Crippen molar-refractivity contribution >= 4 is 34.9 Å². The fourth-order valence-electron chi connectivity index (χ4n) is 1.59. The zero-order valence-corrected chi connectivity index (χ0v) is 11.7. The van der Waals surface area contributed by atoms with Crippen LogP contribution in [0.5, 0.6) is 0 Å². The van der Waals surface area contributed by atoms with Crippen molar-refractivity contribution in [3.8, 4) is 0 Å². The monoisotopic (exact) mass is 313 g/mol. The van der Waals surface area contributed by atoms with E-state index in [-0.39, 0.29) is 33.5 Å². The highest BCUT2D eigenvalue weighted by Gasteiger charge is 2.15. The Labute approximate surface area is 125 Å². The van der Waals surface area contributed by atoms with Crippen molar-refractivity contribution in [2.75, 3.05) is 5.73 Å². The van der Waals surface area contributed by atoms with E-state index in [1.54, 1.807) is 18.2 Å². The molecule has 0 bridgehead atoms. The summed E-state index contributed by atoms with van der Waals surface area (Å²) < 4.78 is 18.6. The standard InChI is InChI=1S/C14H10Cl2FNO2/c15-10-5-1-3-8(13(10)17)7-20-14(19)9-4-2-6-11(18)12(9)16/h1-6H,7,18H2. The minimum atomic E-state index is -0.679. The number of esters is 1. The van der Waals surface area contributed by atoms with Crippen LogP contribution < -0.4 is 5.73 Å². The number of nitrogens with two attached hydrogens (primary N) is 1. The highest BCUT2D eigenvalue weighted by Crippen LogP contribution is 2.24. The maximum atomic E-state index is 13.6. The van der Waals surface area contributed by atoms with Gasteiger partial charge < -0.3 is 10.5 Å². The minimum absolute atomic E-state index is 0.0273. The first-order valence-electron chi connectivity index (χ1n) is 5.64. The highest BCUT2D eigenvalue weighted by atomic mass is 35.5. The first-order valence-corrected chi connectivity index (χ1v) is 6.40. The van der Waals surface area contributed by atoms with Gasteiger partial charge in [-0.3, -0.25) is 0 Å². The summed E-state index contributed by atoms with van der Waals surface area (Å²) in [5, 5.41) is 0.0876. The maximum absolute atomic E-state index is 13.6. The molecule has 0 aliphatic carbocycles. The molecule has 6 heteroatoms. The SMILES string of the molecule is Nc1cccc(C(=O)OCc2cccc(Cl)c2F)c1Cl. The Kier molecular flexibility index (Phi) is 4.47. The van der Waals surface area contributed by atoms with E-state index in [4.69, 9.17) is 33.7 Å². The second-order valence-corrected chi connectivity index (χ2v) is 4.78. The predicted molar refractivity (Wildman–Crippen MR) is 76.4 cm³/mol. The summed E-state index contributed by atoms with van der Waals surface area (Å²) in [5.74, 6) is -1.29. The molecule has 0 unspecified atom stereocenters. The molecule has 0 aliphatic heterocycles. The summed E-state index contributed by atoms with van der Waals surface area (Å²) in [6.07, 6.45) is 0. The summed E-state index contributed by atoms with van der Waals surface area (Å²) in [4.78, 5) is 11.9. The Morgan fingerprint density at radius 2 is 1.90 bits per heavy atom. The largest absolute Gasteiger partial charge is 0.457 e. The average Bonchev–Trinajstić information content (AvgIpc) is 2.43. The van der Waals surface area contributed by atoms with E-state index in [1.807, 2.05) is 0 Å². The average molecular weight is 314 g/mol. The Morgan fingerprint density at radius 1 is 1.20 bits per heavy atom. The topological polar surface area (TPSA) is 52.3 Å². The summed E-state index contributed by atoms with van der Waals surface area (Å²) in [5.41, 5.74) is 6.19. The van der Waals surface area contributed by atoms with Gasteiger partial charge in [0, 0.05) is 5.56 Å². The van der Waals surface area contributed by atoms with Crippen LogP contribution in [0.15, 0.2) is 36.4 Å². The molecule has 104 valence electrons. The normalized spacial score (nSPS) is 10.3. The third kappa shape index (κ3) is 3.03. The summed E-state index contributed by atoms with van der Waals surface area (Å²) in [7, 11) is 0. The van der Waals surface area contributed by atoms with Gasteiger partial charge in [0.1, 0.15) is 12.4 Å². The first-order chi connectivity index (χ1) is 9.50. The fourth-order valence-corrected chi connectivity index (χ4v) is 1.99. The van der Waals surface area contributed by atoms with Crippen LogP contribution in [0.4, 0.5) is 10.1 Å². The molecule has 20 heavy (non-hydrogen) atoms. The van der Waals surface area contributed by atoms with Gasteiger partial charge in [0.2, 0.25) is 0 Å². The van der Waals surface area contributed by atoms with E-state index in [0.717, 1.165) is 0 Å². The number of benzene rings is 2. The van der Waals surface area contributed by atoms with Gasteiger partial charge >= 0.3 is 5.97 Å². The number of anilines is 1. The summed E-state index contributed by atoms with van der Waals surface area (Å²) in [6.45, 7) is -0.240. The summed E-state index contributed by atoms with van der Waals surface area (Å²) in [6, 6.07) is 9.09. The number of rotatable bonds is 3. The smallest absolute Gasteiger partial charge is 0.340 e. The number of hydrogen-bond donors (Lipinski definition) is 1. The fraction of sp³-hybridized carbons (Fsp3) is 0.0714. The van der Waals surface area contributed by atoms with Crippen LogP contribution in [0.3, 0.4) is 0 Å². The lowest BCUT2D eigenvalue weighted by atomic mass is 10.2. The number of carbonyl (C=O) groups is 1. The highest BCUT2D eigenvalue weighted by molar-refractivity contribution is 6.36. The zero-order valence-electron chi connectivity index (χ0n) is 10.2. The molecule has 0 heterocycles. The molecule has 2 aromatic carbocycles. The van der Waals surface area contributed by atoms with Crippen LogP contribution in [0.1, 0.15) is 15.9 Å². The van der Waals surface area contributed by atoms with Crippen LogP contribution in [0.2, 0.25) is 10.0 Å². The first kappa shape index (κ1) is 14.6. The molecular formula is C14H10Cl2FNO2. The molecule has 0 fully saturated rings. The van der Waals surface area contributed by atoms with Crippen LogP contribution in [-0.4, -0.2) is 5.97 Å². The Balaban J connectivity index is 2.13. The van der Waals surface area contributed by atoms with E-state index >= 15 is 0 Å². The molecule has 0 spiro atoms. The number of ether oxygens (including phenoxy) is 1. The quantitative estimate of drug-likeness (QED) is 0.686. The van der Waals surface area contributed by atoms with Gasteiger partial charge in [0.15, 0.2) is 0 Å². The van der Waals surface area contributed by atoms with Crippen molar-refractivity contribution in [2.24, 2.45) is 0 Å². The van der Waals surface area contributed by atoms with Crippen molar-refractivity contribution in [1.82, 2.24) is 0 Å². The molecular weight excluding hydrogens is 304 g/mol. The number of hydrogen-bond acceptors (Lipinski definition) is 3. The van der Waals surface area contributed by atoms with Crippen molar-refractivity contribution in [3.63, 3.8) is 0 Å². The molecule has 0 amide bonds. The van der Waals surface area contributed by atoms with Gasteiger partial charge in [0.25, 0.3) is 0 Å². The minimum Gasteiger partial charge on any atom is -0.457 e. The van der Waals surface area contributed by atoms with Crippen LogP contribution in [0, 0.1) is 5.82 Å². The van der Waals surface area contributed by atoms with Crippen molar-refractivity contribution in [2.45, 2.75) is 6.61 Å². The van der Waals surface area contributed by atoms with E-state index in [0.29, 0.717) is 0 Å². The van der Waals surface area contributed by atoms with Crippen LogP contribution in [-0.2, 0) is 11.3 Å².